The number of anilines is 1. The zero-order chi connectivity index (χ0) is 22.5. The Morgan fingerprint density at radius 1 is 1.16 bits per heavy atom. The lowest BCUT2D eigenvalue weighted by Crippen LogP contribution is -2.28. The van der Waals surface area contributed by atoms with Gasteiger partial charge in [-0.25, -0.2) is 4.98 Å². The average Bonchev–Trinajstić information content (AvgIpc) is 3.29. The number of fused-ring (bicyclic) bond motifs is 1. The van der Waals surface area contributed by atoms with E-state index in [1.165, 1.54) is 23.1 Å². The molecule has 3 heterocycles. The van der Waals surface area contributed by atoms with Crippen molar-refractivity contribution in [3.63, 3.8) is 0 Å². The molecule has 0 bridgehead atoms. The summed E-state index contributed by atoms with van der Waals surface area (Å²) in [6.07, 6.45) is 3.14. The lowest BCUT2D eigenvalue weighted by atomic mass is 10.1. The minimum atomic E-state index is -0.391. The van der Waals surface area contributed by atoms with Crippen LogP contribution < -0.4 is 10.9 Å². The molecule has 0 aliphatic carbocycles. The maximum Gasteiger partial charge on any atom is 0.272 e. The summed E-state index contributed by atoms with van der Waals surface area (Å²) < 4.78 is 2.24. The van der Waals surface area contributed by atoms with Gasteiger partial charge in [0.05, 0.1) is 23.0 Å². The second-order valence-corrected chi connectivity index (χ2v) is 9.34. The molecule has 1 amide bonds. The summed E-state index contributed by atoms with van der Waals surface area (Å²) in [7, 11) is 0. The Bertz CT molecular complexity index is 1280. The first kappa shape index (κ1) is 22.2. The monoisotopic (exact) mass is 464 g/mol. The van der Waals surface area contributed by atoms with Crippen LogP contribution in [0.15, 0.2) is 70.1 Å². The van der Waals surface area contributed by atoms with Crippen LogP contribution in [0.3, 0.4) is 0 Å². The Morgan fingerprint density at radius 3 is 2.72 bits per heavy atom. The van der Waals surface area contributed by atoms with Gasteiger partial charge in [0.1, 0.15) is 4.70 Å². The predicted octanol–water partition coefficient (Wildman–Crippen LogP) is 4.97. The zero-order valence-corrected chi connectivity index (χ0v) is 19.6. The van der Waals surface area contributed by atoms with E-state index in [4.69, 9.17) is 4.98 Å². The molecule has 0 saturated carbocycles. The standard InChI is InChI=1S/C24H24N4O2S2/c1-3-16-9-5-6-11-18(16)26-22(29)20(4-2)32-24-27-19-12-14-31-21(19)23(30)28(24)15-17-10-7-8-13-25-17/h5-14,20H,3-4,15H2,1-2H3,(H,26,29). The summed E-state index contributed by atoms with van der Waals surface area (Å²) >= 11 is 2.70. The van der Waals surface area contributed by atoms with Crippen molar-refractivity contribution in [1.82, 2.24) is 14.5 Å². The maximum atomic E-state index is 13.2. The van der Waals surface area contributed by atoms with Gasteiger partial charge in [-0.3, -0.25) is 19.1 Å². The van der Waals surface area contributed by atoms with Gasteiger partial charge in [0.2, 0.25) is 5.91 Å². The molecule has 4 rings (SSSR count). The van der Waals surface area contributed by atoms with E-state index in [1.54, 1.807) is 10.8 Å². The number of para-hydroxylation sites is 1. The van der Waals surface area contributed by atoms with Crippen molar-refractivity contribution in [3.05, 3.63) is 81.7 Å². The van der Waals surface area contributed by atoms with Crippen LogP contribution in [-0.4, -0.2) is 25.7 Å². The third-order valence-corrected chi connectivity index (χ3v) is 7.39. The van der Waals surface area contributed by atoms with E-state index in [9.17, 15) is 9.59 Å². The Labute approximate surface area is 194 Å². The number of nitrogens with zero attached hydrogens (tertiary/aromatic N) is 3. The first-order valence-electron chi connectivity index (χ1n) is 10.5. The highest BCUT2D eigenvalue weighted by Crippen LogP contribution is 2.28. The lowest BCUT2D eigenvalue weighted by Gasteiger charge is -2.18. The number of aryl methyl sites for hydroxylation is 1. The molecule has 4 aromatic rings. The van der Waals surface area contributed by atoms with Crippen LogP contribution in [0.2, 0.25) is 0 Å². The van der Waals surface area contributed by atoms with E-state index in [-0.39, 0.29) is 11.5 Å². The number of hydrogen-bond acceptors (Lipinski definition) is 6. The zero-order valence-electron chi connectivity index (χ0n) is 17.9. The molecule has 32 heavy (non-hydrogen) atoms. The Morgan fingerprint density at radius 2 is 1.97 bits per heavy atom. The number of aromatic nitrogens is 3. The Kier molecular flexibility index (Phi) is 7.02. The SMILES string of the molecule is CCc1ccccc1NC(=O)C(CC)Sc1nc2ccsc2c(=O)n1Cc1ccccn1. The van der Waals surface area contributed by atoms with Gasteiger partial charge < -0.3 is 5.32 Å². The van der Waals surface area contributed by atoms with Crippen molar-refractivity contribution >= 4 is 44.9 Å². The Balaban J connectivity index is 1.66. The highest BCUT2D eigenvalue weighted by Gasteiger charge is 2.23. The molecule has 6 nitrogen and oxygen atoms in total. The van der Waals surface area contributed by atoms with Crippen LogP contribution in [0.25, 0.3) is 10.2 Å². The smallest absolute Gasteiger partial charge is 0.272 e. The topological polar surface area (TPSA) is 76.9 Å². The van der Waals surface area contributed by atoms with Crippen molar-refractivity contribution in [3.8, 4) is 0 Å². The van der Waals surface area contributed by atoms with Gasteiger partial charge in [0.25, 0.3) is 5.56 Å². The van der Waals surface area contributed by atoms with Gasteiger partial charge in [0, 0.05) is 11.9 Å². The van der Waals surface area contributed by atoms with Crippen molar-refractivity contribution in [2.24, 2.45) is 0 Å². The first-order chi connectivity index (χ1) is 15.6. The van der Waals surface area contributed by atoms with Gasteiger partial charge in [0.15, 0.2) is 5.16 Å². The molecule has 0 spiro atoms. The van der Waals surface area contributed by atoms with Gasteiger partial charge >= 0.3 is 0 Å². The normalized spacial score (nSPS) is 12.1. The molecule has 1 N–H and O–H groups in total. The third-order valence-electron chi connectivity index (χ3n) is 5.14. The van der Waals surface area contributed by atoms with Gasteiger partial charge in [-0.05, 0) is 48.1 Å². The van der Waals surface area contributed by atoms with Crippen molar-refractivity contribution in [2.45, 2.75) is 43.6 Å². The fourth-order valence-electron chi connectivity index (χ4n) is 3.42. The summed E-state index contributed by atoms with van der Waals surface area (Å²) in [5.41, 5.74) is 3.23. The van der Waals surface area contributed by atoms with Crippen LogP contribution >= 0.6 is 23.1 Å². The van der Waals surface area contributed by atoms with E-state index in [1.807, 2.05) is 60.8 Å². The van der Waals surface area contributed by atoms with E-state index in [0.29, 0.717) is 28.3 Å². The highest BCUT2D eigenvalue weighted by atomic mass is 32.2. The summed E-state index contributed by atoms with van der Waals surface area (Å²) in [5, 5.41) is 5.06. The fraction of sp³-hybridized carbons (Fsp3) is 0.250. The molecule has 0 aliphatic heterocycles. The van der Waals surface area contributed by atoms with E-state index in [2.05, 4.69) is 17.2 Å². The lowest BCUT2D eigenvalue weighted by molar-refractivity contribution is -0.115. The molecular weight excluding hydrogens is 440 g/mol. The number of rotatable bonds is 8. The van der Waals surface area contributed by atoms with Crippen LogP contribution in [0, 0.1) is 0 Å². The van der Waals surface area contributed by atoms with Crippen LogP contribution in [-0.2, 0) is 17.8 Å². The number of thioether (sulfide) groups is 1. The average molecular weight is 465 g/mol. The predicted molar refractivity (Wildman–Crippen MR) is 132 cm³/mol. The second-order valence-electron chi connectivity index (χ2n) is 7.26. The van der Waals surface area contributed by atoms with Crippen molar-refractivity contribution < 1.29 is 4.79 Å². The number of hydrogen-bond donors (Lipinski definition) is 1. The first-order valence-corrected chi connectivity index (χ1v) is 12.3. The minimum Gasteiger partial charge on any atom is -0.325 e. The largest absolute Gasteiger partial charge is 0.325 e. The molecule has 3 aromatic heterocycles. The minimum absolute atomic E-state index is 0.0950. The molecular formula is C24H24N4O2S2. The number of nitrogens with one attached hydrogen (secondary N) is 1. The fourth-order valence-corrected chi connectivity index (χ4v) is 5.21. The van der Waals surface area contributed by atoms with Crippen molar-refractivity contribution in [2.75, 3.05) is 5.32 Å². The Hall–Kier alpha value is -2.97. The number of carbonyl (C=O) groups excluding carboxylic acids is 1. The van der Waals surface area contributed by atoms with Gasteiger partial charge in [-0.1, -0.05) is 49.9 Å². The highest BCUT2D eigenvalue weighted by molar-refractivity contribution is 8.00. The number of amides is 1. The quantitative estimate of drug-likeness (QED) is 0.294. The number of benzene rings is 1. The van der Waals surface area contributed by atoms with E-state index < -0.39 is 5.25 Å². The summed E-state index contributed by atoms with van der Waals surface area (Å²) in [4.78, 5) is 35.4. The van der Waals surface area contributed by atoms with E-state index >= 15 is 0 Å². The molecule has 0 radical (unpaired) electrons. The second kappa shape index (κ2) is 10.1. The molecule has 1 unspecified atom stereocenters. The number of carbonyl (C=O) groups is 1. The van der Waals surface area contributed by atoms with Crippen LogP contribution in [0.5, 0.6) is 0 Å². The van der Waals surface area contributed by atoms with Crippen molar-refractivity contribution in [1.29, 1.82) is 0 Å². The van der Waals surface area contributed by atoms with E-state index in [0.717, 1.165) is 23.4 Å². The number of pyridine rings is 1. The summed E-state index contributed by atoms with van der Waals surface area (Å²) in [6.45, 7) is 4.33. The molecule has 0 aliphatic rings. The molecule has 8 heteroatoms. The molecule has 164 valence electrons. The molecule has 1 atom stereocenters. The molecule has 0 fully saturated rings. The molecule has 1 aromatic carbocycles. The summed E-state index contributed by atoms with van der Waals surface area (Å²) in [5.74, 6) is -0.0950. The third kappa shape index (κ3) is 4.76. The van der Waals surface area contributed by atoms with Crippen LogP contribution in [0.1, 0.15) is 31.5 Å². The number of thiophene rings is 1. The van der Waals surface area contributed by atoms with Gasteiger partial charge in [-0.15, -0.1) is 11.3 Å². The van der Waals surface area contributed by atoms with Gasteiger partial charge in [-0.2, -0.15) is 0 Å². The molecule has 0 saturated heterocycles. The van der Waals surface area contributed by atoms with Crippen LogP contribution in [0.4, 0.5) is 5.69 Å². The summed E-state index contributed by atoms with van der Waals surface area (Å²) in [6, 6.07) is 15.3. The maximum absolute atomic E-state index is 13.2.